The van der Waals surface area contributed by atoms with Gasteiger partial charge in [-0.15, -0.1) is 0 Å². The summed E-state index contributed by atoms with van der Waals surface area (Å²) in [6.07, 6.45) is -4.53. The maximum atomic E-state index is 13.5. The Hall–Kier alpha value is -2.84. The number of nitriles is 1. The minimum absolute atomic E-state index is 0.0402. The predicted octanol–water partition coefficient (Wildman–Crippen LogP) is 1.44. The van der Waals surface area contributed by atoms with Crippen molar-refractivity contribution >= 4 is 23.6 Å². The number of likely N-dealkylation sites (tertiary alicyclic amines) is 2. The van der Waals surface area contributed by atoms with Gasteiger partial charge >= 0.3 is 12.1 Å². The molecule has 2 heterocycles. The number of carbonyl (C=O) groups excluding carboxylic acids is 4. The number of carbonyl (C=O) groups is 4. The molecular weight excluding hydrogens is 479 g/mol. The summed E-state index contributed by atoms with van der Waals surface area (Å²) >= 11 is 0. The molecule has 3 rings (SSSR count). The van der Waals surface area contributed by atoms with Crippen molar-refractivity contribution < 1.29 is 32.3 Å². The third-order valence-electron chi connectivity index (χ3n) is 8.01. The molecule has 1 saturated carbocycles. The van der Waals surface area contributed by atoms with Gasteiger partial charge in [-0.3, -0.25) is 19.2 Å². The highest BCUT2D eigenvalue weighted by Gasteiger charge is 2.70. The first-order valence-corrected chi connectivity index (χ1v) is 12.0. The van der Waals surface area contributed by atoms with E-state index in [0.717, 1.165) is 0 Å². The van der Waals surface area contributed by atoms with Gasteiger partial charge in [-0.2, -0.15) is 18.4 Å². The summed E-state index contributed by atoms with van der Waals surface area (Å²) in [6, 6.07) is -1.40. The van der Waals surface area contributed by atoms with Gasteiger partial charge in [-0.25, -0.2) is 0 Å². The van der Waals surface area contributed by atoms with Crippen LogP contribution >= 0.6 is 0 Å². The number of fused-ring (bicyclic) bond motifs is 1. The molecule has 0 aromatic carbocycles. The Morgan fingerprint density at radius 2 is 1.78 bits per heavy atom. The van der Waals surface area contributed by atoms with E-state index >= 15 is 0 Å². The van der Waals surface area contributed by atoms with Gasteiger partial charge in [0.1, 0.15) is 18.1 Å². The topological polar surface area (TPSA) is 123 Å². The first-order chi connectivity index (χ1) is 16.4. The van der Waals surface area contributed by atoms with Crippen LogP contribution in [0.5, 0.6) is 0 Å². The number of hydrogen-bond donors (Lipinski definition) is 2. The number of nitrogens with zero attached hydrogens (tertiary/aromatic N) is 3. The fourth-order valence-electron chi connectivity index (χ4n) is 5.59. The van der Waals surface area contributed by atoms with E-state index in [0.29, 0.717) is 13.0 Å². The summed E-state index contributed by atoms with van der Waals surface area (Å²) in [5, 5.41) is 14.2. The minimum Gasteiger partial charge on any atom is -0.346 e. The highest BCUT2D eigenvalue weighted by molar-refractivity contribution is 5.95. The summed E-state index contributed by atoms with van der Waals surface area (Å²) in [4.78, 5) is 53.6. The highest BCUT2D eigenvalue weighted by atomic mass is 19.4. The summed E-state index contributed by atoms with van der Waals surface area (Å²) < 4.78 is 38.9. The number of piperidine rings is 2. The molecule has 0 bridgehead atoms. The maximum Gasteiger partial charge on any atom is 0.471 e. The Kier molecular flexibility index (Phi) is 7.11. The van der Waals surface area contributed by atoms with Crippen LogP contribution in [0.3, 0.4) is 0 Å². The van der Waals surface area contributed by atoms with Crippen molar-refractivity contribution in [1.82, 2.24) is 20.4 Å². The average molecular weight is 514 g/mol. The molecule has 0 spiro atoms. The second-order valence-corrected chi connectivity index (χ2v) is 11.8. The van der Waals surface area contributed by atoms with E-state index in [1.807, 2.05) is 19.2 Å². The van der Waals surface area contributed by atoms with Gasteiger partial charge in [-0.1, -0.05) is 34.6 Å². The van der Waals surface area contributed by atoms with Crippen LogP contribution in [0.4, 0.5) is 13.2 Å². The summed E-state index contributed by atoms with van der Waals surface area (Å²) in [6.45, 7) is 9.12. The van der Waals surface area contributed by atoms with Crippen LogP contribution in [0, 0.1) is 39.9 Å². The molecule has 1 aliphatic carbocycles. The average Bonchev–Trinajstić information content (AvgIpc) is 3.09. The Morgan fingerprint density at radius 1 is 1.17 bits per heavy atom. The van der Waals surface area contributed by atoms with Gasteiger partial charge in [0.15, 0.2) is 0 Å². The molecule has 2 saturated heterocycles. The molecular formula is C24H34F3N5O4. The molecule has 200 valence electrons. The molecule has 3 fully saturated rings. The smallest absolute Gasteiger partial charge is 0.346 e. The van der Waals surface area contributed by atoms with Crippen LogP contribution in [0.25, 0.3) is 0 Å². The van der Waals surface area contributed by atoms with Crippen LogP contribution < -0.4 is 10.6 Å². The number of rotatable bonds is 5. The van der Waals surface area contributed by atoms with Crippen LogP contribution in [0.1, 0.15) is 47.5 Å². The predicted molar refractivity (Wildman–Crippen MR) is 122 cm³/mol. The largest absolute Gasteiger partial charge is 0.471 e. The fraction of sp³-hybridized carbons (Fsp3) is 0.792. The molecule has 4 amide bonds. The van der Waals surface area contributed by atoms with E-state index in [-0.39, 0.29) is 42.0 Å². The SMILES string of the molecule is CN1CC[C@H]([C@@H](C#N)NC(=O)[C@@H]2[C@@H]3[C@H](CN2C(=O)[C@@H](NC(=O)C(F)(F)F)C(C)(C)C)C3(C)C)CC1=O. The molecule has 36 heavy (non-hydrogen) atoms. The third-order valence-corrected chi connectivity index (χ3v) is 8.01. The van der Waals surface area contributed by atoms with Gasteiger partial charge in [0.05, 0.1) is 6.07 Å². The van der Waals surface area contributed by atoms with E-state index < -0.39 is 47.4 Å². The van der Waals surface area contributed by atoms with Gasteiger partial charge in [0.25, 0.3) is 0 Å². The molecule has 0 radical (unpaired) electrons. The zero-order chi connectivity index (χ0) is 27.4. The zero-order valence-corrected chi connectivity index (χ0v) is 21.4. The summed E-state index contributed by atoms with van der Waals surface area (Å²) in [5.41, 5.74) is -1.33. The molecule has 12 heteroatoms. The molecule has 0 aromatic heterocycles. The quantitative estimate of drug-likeness (QED) is 0.576. The minimum atomic E-state index is -5.17. The molecule has 6 atom stereocenters. The van der Waals surface area contributed by atoms with Crippen molar-refractivity contribution in [3.05, 3.63) is 0 Å². The van der Waals surface area contributed by atoms with Crippen LogP contribution in [-0.2, 0) is 19.2 Å². The lowest BCUT2D eigenvalue weighted by molar-refractivity contribution is -0.176. The second-order valence-electron chi connectivity index (χ2n) is 11.8. The van der Waals surface area contributed by atoms with Crippen LogP contribution in [-0.4, -0.2) is 77.9 Å². The van der Waals surface area contributed by atoms with Crippen molar-refractivity contribution in [3.8, 4) is 6.07 Å². The van der Waals surface area contributed by atoms with Crippen molar-refractivity contribution in [2.24, 2.45) is 28.6 Å². The number of hydrogen-bond acceptors (Lipinski definition) is 5. The van der Waals surface area contributed by atoms with Crippen LogP contribution in [0.2, 0.25) is 0 Å². The van der Waals surface area contributed by atoms with Crippen molar-refractivity contribution in [2.75, 3.05) is 20.1 Å². The molecule has 2 aliphatic heterocycles. The zero-order valence-electron chi connectivity index (χ0n) is 21.4. The second kappa shape index (κ2) is 9.23. The molecule has 0 aromatic rings. The first kappa shape index (κ1) is 27.7. The Labute approximate surface area is 208 Å². The van der Waals surface area contributed by atoms with Crippen LogP contribution in [0.15, 0.2) is 0 Å². The first-order valence-electron chi connectivity index (χ1n) is 12.0. The third kappa shape index (κ3) is 5.15. The monoisotopic (exact) mass is 513 g/mol. The summed E-state index contributed by atoms with van der Waals surface area (Å²) in [5.74, 6) is -4.36. The van der Waals surface area contributed by atoms with E-state index in [1.54, 1.807) is 11.9 Å². The normalized spacial score (nSPS) is 29.1. The fourth-order valence-corrected chi connectivity index (χ4v) is 5.59. The van der Waals surface area contributed by atoms with Crippen molar-refractivity contribution in [2.45, 2.75) is 71.8 Å². The highest BCUT2D eigenvalue weighted by Crippen LogP contribution is 2.65. The van der Waals surface area contributed by atoms with E-state index in [2.05, 4.69) is 11.4 Å². The Morgan fingerprint density at radius 3 is 2.28 bits per heavy atom. The standard InChI is InChI=1S/C24H34F3N5O4/c1-22(2,3)18(30-21(36)24(25,26)27)20(35)32-11-13-16(23(13,4)5)17(32)19(34)29-14(10-28)12-7-8-31(6)15(33)9-12/h12-14,16-18H,7-9,11H2,1-6H3,(H,29,34)(H,30,36)/t12-,13-,14+,16-,17-,18+/m0/s1. The van der Waals surface area contributed by atoms with Crippen molar-refractivity contribution in [1.29, 1.82) is 5.26 Å². The Bertz CT molecular complexity index is 984. The number of amides is 4. The Balaban J connectivity index is 1.83. The number of nitrogens with one attached hydrogen (secondary N) is 2. The van der Waals surface area contributed by atoms with E-state index in [4.69, 9.17) is 0 Å². The molecule has 3 aliphatic rings. The number of halogens is 3. The van der Waals surface area contributed by atoms with Crippen molar-refractivity contribution in [3.63, 3.8) is 0 Å². The molecule has 9 nitrogen and oxygen atoms in total. The summed E-state index contributed by atoms with van der Waals surface area (Å²) in [7, 11) is 1.67. The van der Waals surface area contributed by atoms with Gasteiger partial charge in [0.2, 0.25) is 17.7 Å². The van der Waals surface area contributed by atoms with Gasteiger partial charge < -0.3 is 20.4 Å². The molecule has 0 unspecified atom stereocenters. The lowest BCUT2D eigenvalue weighted by Gasteiger charge is -2.38. The number of alkyl halides is 3. The lowest BCUT2D eigenvalue weighted by Crippen LogP contribution is -2.61. The van der Waals surface area contributed by atoms with Gasteiger partial charge in [-0.05, 0) is 29.1 Å². The van der Waals surface area contributed by atoms with E-state index in [1.165, 1.54) is 25.7 Å². The lowest BCUT2D eigenvalue weighted by atomic mass is 9.85. The van der Waals surface area contributed by atoms with Gasteiger partial charge in [0, 0.05) is 32.5 Å². The van der Waals surface area contributed by atoms with E-state index in [9.17, 15) is 37.6 Å². The maximum absolute atomic E-state index is 13.5. The molecule has 2 N–H and O–H groups in total.